The van der Waals surface area contributed by atoms with Crippen LogP contribution in [0.5, 0.6) is 0 Å². The lowest BCUT2D eigenvalue weighted by atomic mass is 10.4. The fraction of sp³-hybridized carbons (Fsp3) is 0.357. The van der Waals surface area contributed by atoms with Gasteiger partial charge in [0.2, 0.25) is 0 Å². The van der Waals surface area contributed by atoms with E-state index in [1.807, 2.05) is 38.5 Å². The molecule has 0 aliphatic heterocycles. The molecular weight excluding hydrogens is 292 g/mol. The molecule has 20 heavy (non-hydrogen) atoms. The summed E-state index contributed by atoms with van der Waals surface area (Å²) in [6, 6.07) is 8.11. The van der Waals surface area contributed by atoms with Crippen molar-refractivity contribution in [3.63, 3.8) is 0 Å². The minimum atomic E-state index is 0.738. The molecule has 4 nitrogen and oxygen atoms in total. The molecule has 2 heterocycles. The average Bonchev–Trinajstić information content (AvgIpc) is 3.00. The summed E-state index contributed by atoms with van der Waals surface area (Å²) in [5.41, 5.74) is 1.25. The summed E-state index contributed by atoms with van der Waals surface area (Å²) in [6.45, 7) is 1.55. The number of aromatic nitrogens is 1. The maximum atomic E-state index is 5.93. The van der Waals surface area contributed by atoms with Crippen LogP contribution in [0.1, 0.15) is 10.6 Å². The summed E-state index contributed by atoms with van der Waals surface area (Å²) in [6.07, 6.45) is 2.05. The van der Waals surface area contributed by atoms with Gasteiger partial charge in [-0.2, -0.15) is 0 Å². The molecule has 2 rings (SSSR count). The summed E-state index contributed by atoms with van der Waals surface area (Å²) in [5.74, 6) is 0.871. The third-order valence-electron chi connectivity index (χ3n) is 3.07. The number of thiophene rings is 1. The molecule has 0 aromatic carbocycles. The molecule has 0 spiro atoms. The number of aryl methyl sites for hydroxylation is 1. The minimum absolute atomic E-state index is 0.738. The van der Waals surface area contributed by atoms with Gasteiger partial charge in [0, 0.05) is 37.9 Å². The van der Waals surface area contributed by atoms with Crippen LogP contribution in [0.2, 0.25) is 4.34 Å². The van der Waals surface area contributed by atoms with Gasteiger partial charge >= 0.3 is 0 Å². The average molecular weight is 311 g/mol. The normalized spacial score (nSPS) is 11.7. The third kappa shape index (κ3) is 3.77. The Labute approximate surface area is 128 Å². The molecule has 0 bridgehead atoms. The lowest BCUT2D eigenvalue weighted by Crippen LogP contribution is -2.38. The van der Waals surface area contributed by atoms with Gasteiger partial charge in [-0.05, 0) is 24.3 Å². The van der Waals surface area contributed by atoms with Gasteiger partial charge in [0.1, 0.15) is 0 Å². The van der Waals surface area contributed by atoms with Crippen LogP contribution in [0.25, 0.3) is 0 Å². The van der Waals surface area contributed by atoms with Crippen LogP contribution < -0.4 is 5.32 Å². The molecule has 0 atom stereocenters. The van der Waals surface area contributed by atoms with Crippen molar-refractivity contribution in [2.24, 2.45) is 12.0 Å². The molecule has 108 valence electrons. The molecule has 6 heteroatoms. The highest BCUT2D eigenvalue weighted by atomic mass is 35.5. The standard InChI is InChI=1S/C14H19ClN4S/c1-16-14(17-9-12-6-7-13(15)20-12)19(3)10-11-5-4-8-18(11)2/h4-8H,9-10H2,1-3H3,(H,16,17). The number of hydrogen-bond acceptors (Lipinski definition) is 2. The van der Waals surface area contributed by atoms with E-state index < -0.39 is 0 Å². The van der Waals surface area contributed by atoms with Crippen LogP contribution in [-0.4, -0.2) is 29.5 Å². The van der Waals surface area contributed by atoms with E-state index in [9.17, 15) is 0 Å². The molecule has 1 N–H and O–H groups in total. The van der Waals surface area contributed by atoms with Crippen molar-refractivity contribution in [1.29, 1.82) is 0 Å². The fourth-order valence-corrected chi connectivity index (χ4v) is 3.00. The van der Waals surface area contributed by atoms with Crippen molar-refractivity contribution in [2.75, 3.05) is 14.1 Å². The van der Waals surface area contributed by atoms with Crippen molar-refractivity contribution in [1.82, 2.24) is 14.8 Å². The zero-order chi connectivity index (χ0) is 14.5. The Morgan fingerprint density at radius 2 is 2.25 bits per heavy atom. The van der Waals surface area contributed by atoms with E-state index in [4.69, 9.17) is 11.6 Å². The molecule has 0 amide bonds. The maximum absolute atomic E-state index is 5.93. The SMILES string of the molecule is CN=C(NCc1ccc(Cl)s1)N(C)Cc1cccn1C. The predicted molar refractivity (Wildman–Crippen MR) is 86.4 cm³/mol. The van der Waals surface area contributed by atoms with Crippen molar-refractivity contribution in [3.05, 3.63) is 45.4 Å². The third-order valence-corrected chi connectivity index (χ3v) is 4.30. The van der Waals surface area contributed by atoms with Crippen LogP contribution in [0.4, 0.5) is 0 Å². The van der Waals surface area contributed by atoms with Crippen LogP contribution in [0, 0.1) is 0 Å². The first kappa shape index (κ1) is 14.9. The second-order valence-electron chi connectivity index (χ2n) is 4.57. The first-order valence-corrected chi connectivity index (χ1v) is 7.56. The van der Waals surface area contributed by atoms with Gasteiger partial charge in [-0.3, -0.25) is 4.99 Å². The summed E-state index contributed by atoms with van der Waals surface area (Å²) in [7, 11) is 5.88. The highest BCUT2D eigenvalue weighted by Crippen LogP contribution is 2.21. The van der Waals surface area contributed by atoms with E-state index in [0.29, 0.717) is 0 Å². The van der Waals surface area contributed by atoms with Crippen molar-refractivity contribution in [2.45, 2.75) is 13.1 Å². The van der Waals surface area contributed by atoms with Crippen molar-refractivity contribution >= 4 is 28.9 Å². The Bertz CT molecular complexity index is 588. The first-order chi connectivity index (χ1) is 9.60. The number of aliphatic imine (C=N–C) groups is 1. The number of hydrogen-bond donors (Lipinski definition) is 1. The summed E-state index contributed by atoms with van der Waals surface area (Å²) in [4.78, 5) is 7.61. The van der Waals surface area contributed by atoms with E-state index in [1.165, 1.54) is 10.6 Å². The lowest BCUT2D eigenvalue weighted by Gasteiger charge is -2.22. The molecule has 0 saturated heterocycles. The maximum Gasteiger partial charge on any atom is 0.194 e. The van der Waals surface area contributed by atoms with Gasteiger partial charge in [-0.15, -0.1) is 11.3 Å². The second kappa shape index (κ2) is 6.81. The minimum Gasteiger partial charge on any atom is -0.353 e. The van der Waals surface area contributed by atoms with Gasteiger partial charge in [0.25, 0.3) is 0 Å². The van der Waals surface area contributed by atoms with Gasteiger partial charge in [-0.1, -0.05) is 11.6 Å². The molecule has 2 aromatic heterocycles. The van der Waals surface area contributed by atoms with Gasteiger partial charge < -0.3 is 14.8 Å². The molecule has 0 aliphatic carbocycles. The number of nitrogens with zero attached hydrogens (tertiary/aromatic N) is 3. The first-order valence-electron chi connectivity index (χ1n) is 6.36. The van der Waals surface area contributed by atoms with E-state index in [1.54, 1.807) is 18.4 Å². The quantitative estimate of drug-likeness (QED) is 0.695. The molecular formula is C14H19ClN4S. The van der Waals surface area contributed by atoms with E-state index in [2.05, 4.69) is 25.8 Å². The monoisotopic (exact) mass is 310 g/mol. The van der Waals surface area contributed by atoms with E-state index >= 15 is 0 Å². The topological polar surface area (TPSA) is 32.6 Å². The van der Waals surface area contributed by atoms with Crippen LogP contribution in [0.3, 0.4) is 0 Å². The Kier molecular flexibility index (Phi) is 5.09. The summed E-state index contributed by atoms with van der Waals surface area (Å²) >= 11 is 7.52. The van der Waals surface area contributed by atoms with E-state index in [0.717, 1.165) is 23.4 Å². The van der Waals surface area contributed by atoms with Gasteiger partial charge in [-0.25, -0.2) is 0 Å². The Morgan fingerprint density at radius 3 is 2.80 bits per heavy atom. The van der Waals surface area contributed by atoms with Crippen molar-refractivity contribution in [3.8, 4) is 0 Å². The van der Waals surface area contributed by atoms with Gasteiger partial charge in [0.05, 0.1) is 17.4 Å². The Balaban J connectivity index is 1.93. The zero-order valence-electron chi connectivity index (χ0n) is 11.9. The Hall–Kier alpha value is -1.46. The molecule has 0 unspecified atom stereocenters. The molecule has 0 radical (unpaired) electrons. The largest absolute Gasteiger partial charge is 0.353 e. The fourth-order valence-electron chi connectivity index (χ4n) is 1.98. The van der Waals surface area contributed by atoms with Crippen LogP contribution >= 0.6 is 22.9 Å². The van der Waals surface area contributed by atoms with Crippen molar-refractivity contribution < 1.29 is 0 Å². The molecule has 0 fully saturated rings. The van der Waals surface area contributed by atoms with Gasteiger partial charge in [0.15, 0.2) is 5.96 Å². The number of halogens is 1. The summed E-state index contributed by atoms with van der Waals surface area (Å²) < 4.78 is 2.93. The molecule has 0 aliphatic rings. The number of nitrogens with one attached hydrogen (secondary N) is 1. The molecule has 2 aromatic rings. The zero-order valence-corrected chi connectivity index (χ0v) is 13.5. The highest BCUT2D eigenvalue weighted by molar-refractivity contribution is 7.16. The highest BCUT2D eigenvalue weighted by Gasteiger charge is 2.08. The lowest BCUT2D eigenvalue weighted by molar-refractivity contribution is 0.462. The summed E-state index contributed by atoms with van der Waals surface area (Å²) in [5, 5.41) is 3.35. The predicted octanol–water partition coefficient (Wildman–Crippen LogP) is 2.95. The Morgan fingerprint density at radius 1 is 1.45 bits per heavy atom. The number of guanidine groups is 1. The van der Waals surface area contributed by atoms with Crippen LogP contribution in [0.15, 0.2) is 35.5 Å². The molecule has 0 saturated carbocycles. The second-order valence-corrected chi connectivity index (χ2v) is 6.37. The van der Waals surface area contributed by atoms with Crippen LogP contribution in [-0.2, 0) is 20.1 Å². The number of rotatable bonds is 4. The smallest absolute Gasteiger partial charge is 0.194 e. The van der Waals surface area contributed by atoms with E-state index in [-0.39, 0.29) is 0 Å².